The normalized spacial score (nSPS) is 12.0. The minimum Gasteiger partial charge on any atom is -0.350 e. The minimum atomic E-state index is -0.458. The van der Waals surface area contributed by atoms with E-state index < -0.39 is 4.92 Å². The summed E-state index contributed by atoms with van der Waals surface area (Å²) in [6, 6.07) is 14.9. The van der Waals surface area contributed by atoms with Gasteiger partial charge in [0.1, 0.15) is 0 Å². The molecule has 1 amide bonds. The third-order valence-corrected chi connectivity index (χ3v) is 4.89. The molecule has 0 aliphatic carbocycles. The maximum Gasteiger partial charge on any atom is 0.273 e. The van der Waals surface area contributed by atoms with Gasteiger partial charge in [0.15, 0.2) is 0 Å². The Kier molecular flexibility index (Phi) is 7.49. The van der Waals surface area contributed by atoms with Gasteiger partial charge in [-0.15, -0.1) is 0 Å². The molecule has 0 saturated carbocycles. The van der Waals surface area contributed by atoms with E-state index in [1.54, 1.807) is 19.1 Å². The van der Waals surface area contributed by atoms with Crippen LogP contribution in [-0.2, 0) is 6.42 Å². The number of benzene rings is 2. The Morgan fingerprint density at radius 1 is 1.11 bits per heavy atom. The van der Waals surface area contributed by atoms with Crippen molar-refractivity contribution in [1.29, 1.82) is 0 Å². The van der Waals surface area contributed by atoms with Crippen molar-refractivity contribution < 1.29 is 9.72 Å². The summed E-state index contributed by atoms with van der Waals surface area (Å²) in [6.07, 6.45) is 0.830. The fraction of sp³-hybridized carbons (Fsp3) is 0.381. The number of hydrogen-bond donors (Lipinski definition) is 1. The topological polar surface area (TPSA) is 75.5 Å². The minimum absolute atomic E-state index is 0.0350. The molecule has 0 spiro atoms. The van der Waals surface area contributed by atoms with Crippen LogP contribution in [-0.4, -0.2) is 41.4 Å². The maximum absolute atomic E-state index is 12.6. The number of nitro groups is 1. The van der Waals surface area contributed by atoms with Crippen molar-refractivity contribution in [2.75, 3.05) is 19.6 Å². The molecule has 27 heavy (non-hydrogen) atoms. The van der Waals surface area contributed by atoms with E-state index >= 15 is 0 Å². The Bertz CT molecular complexity index is 773. The summed E-state index contributed by atoms with van der Waals surface area (Å²) in [5, 5.41) is 14.1. The zero-order valence-electron chi connectivity index (χ0n) is 16.1. The Hall–Kier alpha value is -2.73. The van der Waals surface area contributed by atoms with Gasteiger partial charge < -0.3 is 5.32 Å². The lowest BCUT2D eigenvalue weighted by Gasteiger charge is -2.30. The second-order valence-electron chi connectivity index (χ2n) is 6.48. The number of likely N-dealkylation sites (N-methyl/N-ethyl adjacent to an activating group) is 1. The Morgan fingerprint density at radius 3 is 2.37 bits per heavy atom. The molecule has 2 aromatic rings. The van der Waals surface area contributed by atoms with E-state index in [-0.39, 0.29) is 17.6 Å². The highest BCUT2D eigenvalue weighted by Gasteiger charge is 2.21. The van der Waals surface area contributed by atoms with E-state index in [4.69, 9.17) is 0 Å². The summed E-state index contributed by atoms with van der Waals surface area (Å²) in [5.41, 5.74) is 1.92. The Labute approximate surface area is 160 Å². The van der Waals surface area contributed by atoms with E-state index in [1.807, 2.05) is 18.2 Å². The molecule has 0 saturated heterocycles. The van der Waals surface area contributed by atoms with Gasteiger partial charge >= 0.3 is 0 Å². The Morgan fingerprint density at radius 2 is 1.78 bits per heavy atom. The first-order chi connectivity index (χ1) is 13.0. The summed E-state index contributed by atoms with van der Waals surface area (Å²) < 4.78 is 0. The van der Waals surface area contributed by atoms with Crippen LogP contribution in [0.15, 0.2) is 48.5 Å². The summed E-state index contributed by atoms with van der Waals surface area (Å²) in [7, 11) is 0. The average molecular weight is 369 g/mol. The third-order valence-electron chi connectivity index (χ3n) is 4.89. The first-order valence-corrected chi connectivity index (χ1v) is 9.28. The van der Waals surface area contributed by atoms with Crippen molar-refractivity contribution >= 4 is 11.6 Å². The predicted molar refractivity (Wildman–Crippen MR) is 107 cm³/mol. The molecule has 0 fully saturated rings. The largest absolute Gasteiger partial charge is 0.350 e. The zero-order chi connectivity index (χ0) is 19.8. The molecular weight excluding hydrogens is 342 g/mol. The number of rotatable bonds is 9. The van der Waals surface area contributed by atoms with Gasteiger partial charge in [-0.1, -0.05) is 50.2 Å². The van der Waals surface area contributed by atoms with Crippen LogP contribution < -0.4 is 5.32 Å². The molecule has 0 bridgehead atoms. The van der Waals surface area contributed by atoms with Crippen LogP contribution >= 0.6 is 0 Å². The molecule has 2 rings (SSSR count). The molecule has 2 aromatic carbocycles. The molecule has 1 atom stereocenters. The summed E-state index contributed by atoms with van der Waals surface area (Å²) in [6.45, 7) is 8.08. The van der Waals surface area contributed by atoms with Crippen molar-refractivity contribution in [2.24, 2.45) is 0 Å². The number of hydrogen-bond acceptors (Lipinski definition) is 4. The molecule has 0 aliphatic heterocycles. The van der Waals surface area contributed by atoms with E-state index in [9.17, 15) is 14.9 Å². The van der Waals surface area contributed by atoms with Gasteiger partial charge in [0, 0.05) is 29.8 Å². The smallest absolute Gasteiger partial charge is 0.273 e. The van der Waals surface area contributed by atoms with E-state index in [2.05, 4.69) is 36.2 Å². The molecule has 0 unspecified atom stereocenters. The van der Waals surface area contributed by atoms with Crippen LogP contribution in [0, 0.1) is 17.0 Å². The highest BCUT2D eigenvalue weighted by molar-refractivity contribution is 5.96. The fourth-order valence-corrected chi connectivity index (χ4v) is 3.33. The molecule has 0 aliphatic rings. The van der Waals surface area contributed by atoms with Gasteiger partial charge in [0.2, 0.25) is 0 Å². The zero-order valence-corrected chi connectivity index (χ0v) is 16.1. The molecule has 6 heteroatoms. The van der Waals surface area contributed by atoms with Gasteiger partial charge in [-0.25, -0.2) is 0 Å². The van der Waals surface area contributed by atoms with Crippen LogP contribution in [0.25, 0.3) is 0 Å². The third kappa shape index (κ3) is 5.37. The van der Waals surface area contributed by atoms with Crippen LogP contribution in [0.4, 0.5) is 5.69 Å². The number of carbonyl (C=O) groups is 1. The van der Waals surface area contributed by atoms with Gasteiger partial charge in [0.05, 0.1) is 4.92 Å². The van der Waals surface area contributed by atoms with Crippen molar-refractivity contribution in [3.05, 3.63) is 75.3 Å². The van der Waals surface area contributed by atoms with Gasteiger partial charge in [-0.05, 0) is 38.1 Å². The lowest BCUT2D eigenvalue weighted by atomic mass is 10.0. The van der Waals surface area contributed by atoms with E-state index in [0.717, 1.165) is 19.5 Å². The molecule has 0 heterocycles. The highest BCUT2D eigenvalue weighted by atomic mass is 16.6. The number of nitrogens with zero attached hydrogens (tertiary/aromatic N) is 2. The van der Waals surface area contributed by atoms with Gasteiger partial charge in [-0.3, -0.25) is 19.8 Å². The van der Waals surface area contributed by atoms with Crippen molar-refractivity contribution in [2.45, 2.75) is 33.2 Å². The molecule has 0 radical (unpaired) electrons. The van der Waals surface area contributed by atoms with Crippen LogP contribution in [0.3, 0.4) is 0 Å². The standard InChI is InChI=1S/C21H27N3O3/c1-4-23(5-2)18(14-17-10-7-6-8-11-17)15-22-21(25)19-12-9-13-20(16(19)3)24(26)27/h6-13,18H,4-5,14-15H2,1-3H3,(H,22,25)/t18-/m0/s1. The van der Waals surface area contributed by atoms with Crippen LogP contribution in [0.5, 0.6) is 0 Å². The van der Waals surface area contributed by atoms with E-state index in [1.165, 1.54) is 11.6 Å². The average Bonchev–Trinajstić information content (AvgIpc) is 2.67. The second-order valence-corrected chi connectivity index (χ2v) is 6.48. The van der Waals surface area contributed by atoms with E-state index in [0.29, 0.717) is 17.7 Å². The van der Waals surface area contributed by atoms with Crippen molar-refractivity contribution in [3.63, 3.8) is 0 Å². The number of nitrogens with one attached hydrogen (secondary N) is 1. The molecule has 1 N–H and O–H groups in total. The van der Waals surface area contributed by atoms with Crippen molar-refractivity contribution in [3.8, 4) is 0 Å². The lowest BCUT2D eigenvalue weighted by molar-refractivity contribution is -0.385. The SMILES string of the molecule is CCN(CC)[C@H](CNC(=O)c1cccc([N+](=O)[O-])c1C)Cc1ccccc1. The van der Waals surface area contributed by atoms with Crippen LogP contribution in [0.2, 0.25) is 0 Å². The first kappa shape index (κ1) is 20.6. The van der Waals surface area contributed by atoms with Crippen molar-refractivity contribution in [1.82, 2.24) is 10.2 Å². The fourth-order valence-electron chi connectivity index (χ4n) is 3.33. The number of amides is 1. The van der Waals surface area contributed by atoms with Gasteiger partial charge in [0.25, 0.3) is 11.6 Å². The molecular formula is C21H27N3O3. The quantitative estimate of drug-likeness (QED) is 0.541. The Balaban J connectivity index is 2.13. The summed E-state index contributed by atoms with van der Waals surface area (Å²) >= 11 is 0. The maximum atomic E-state index is 12.6. The molecule has 6 nitrogen and oxygen atoms in total. The summed E-state index contributed by atoms with van der Waals surface area (Å²) in [5.74, 6) is -0.276. The van der Waals surface area contributed by atoms with Crippen LogP contribution in [0.1, 0.15) is 35.3 Å². The van der Waals surface area contributed by atoms with Gasteiger partial charge in [-0.2, -0.15) is 0 Å². The predicted octanol–water partition coefficient (Wildman–Crippen LogP) is 3.59. The second kappa shape index (κ2) is 9.83. The highest BCUT2D eigenvalue weighted by Crippen LogP contribution is 2.21. The summed E-state index contributed by atoms with van der Waals surface area (Å²) in [4.78, 5) is 25.6. The molecule has 0 aromatic heterocycles. The lowest BCUT2D eigenvalue weighted by Crippen LogP contribution is -2.45. The number of nitro benzene ring substituents is 1. The monoisotopic (exact) mass is 369 g/mol. The molecule has 144 valence electrons. The first-order valence-electron chi connectivity index (χ1n) is 9.28. The number of carbonyl (C=O) groups excluding carboxylic acids is 1.